The molecule has 17 heavy (non-hydrogen) atoms. The zero-order valence-electron chi connectivity index (χ0n) is 9.01. The molecule has 4 nitrogen and oxygen atoms in total. The van der Waals surface area contributed by atoms with Crippen LogP contribution in [-0.4, -0.2) is 17.1 Å². The number of hydrogen-bond donors (Lipinski definition) is 0. The Hall–Kier alpha value is -2.12. The Bertz CT molecular complexity index is 593. The summed E-state index contributed by atoms with van der Waals surface area (Å²) in [5.74, 6) is 0.514. The van der Waals surface area contributed by atoms with E-state index < -0.39 is 0 Å². The Labute approximate surface area is 103 Å². The summed E-state index contributed by atoms with van der Waals surface area (Å²) in [7, 11) is 1.52. The van der Waals surface area contributed by atoms with Crippen LogP contribution >= 0.6 is 11.6 Å². The standard InChI is InChI=1S/C12H8ClN3O/c1-17-11-6-8(2-3-9(11)7-14)10-4-5-15-12(13)16-10/h2-6H,1H3. The molecule has 0 aliphatic heterocycles. The topological polar surface area (TPSA) is 58.8 Å². The van der Waals surface area contributed by atoms with Crippen molar-refractivity contribution in [3.63, 3.8) is 0 Å². The molecule has 0 bridgehead atoms. The van der Waals surface area contributed by atoms with Gasteiger partial charge in [0.25, 0.3) is 0 Å². The highest BCUT2D eigenvalue weighted by Crippen LogP contribution is 2.25. The van der Waals surface area contributed by atoms with Crippen LogP contribution in [0, 0.1) is 11.3 Å². The van der Waals surface area contributed by atoms with Crippen molar-refractivity contribution in [2.75, 3.05) is 7.11 Å². The summed E-state index contributed by atoms with van der Waals surface area (Å²) in [4.78, 5) is 7.90. The number of rotatable bonds is 2. The summed E-state index contributed by atoms with van der Waals surface area (Å²) >= 11 is 5.72. The predicted molar refractivity (Wildman–Crippen MR) is 63.7 cm³/mol. The second kappa shape index (κ2) is 4.81. The highest BCUT2D eigenvalue weighted by atomic mass is 35.5. The molecule has 0 radical (unpaired) electrons. The van der Waals surface area contributed by atoms with Gasteiger partial charge in [0.1, 0.15) is 11.8 Å². The van der Waals surface area contributed by atoms with Gasteiger partial charge in [0.15, 0.2) is 0 Å². The molecule has 0 unspecified atom stereocenters. The summed E-state index contributed by atoms with van der Waals surface area (Å²) in [5, 5.41) is 9.06. The summed E-state index contributed by atoms with van der Waals surface area (Å²) in [6, 6.07) is 9.02. The van der Waals surface area contributed by atoms with Crippen molar-refractivity contribution in [1.29, 1.82) is 5.26 Å². The average Bonchev–Trinajstić information content (AvgIpc) is 2.38. The number of nitrogens with zero attached hydrogens (tertiary/aromatic N) is 3. The smallest absolute Gasteiger partial charge is 0.222 e. The van der Waals surface area contributed by atoms with Crippen molar-refractivity contribution in [3.05, 3.63) is 41.3 Å². The summed E-state index contributed by atoms with van der Waals surface area (Å²) in [5.41, 5.74) is 1.99. The van der Waals surface area contributed by atoms with E-state index in [2.05, 4.69) is 16.0 Å². The number of hydrogen-bond acceptors (Lipinski definition) is 4. The lowest BCUT2D eigenvalue weighted by Crippen LogP contribution is -1.91. The van der Waals surface area contributed by atoms with Crippen molar-refractivity contribution in [1.82, 2.24) is 9.97 Å². The van der Waals surface area contributed by atoms with E-state index in [4.69, 9.17) is 21.6 Å². The molecule has 0 saturated carbocycles. The van der Waals surface area contributed by atoms with E-state index >= 15 is 0 Å². The van der Waals surface area contributed by atoms with E-state index in [1.807, 2.05) is 0 Å². The van der Waals surface area contributed by atoms with Gasteiger partial charge in [-0.1, -0.05) is 6.07 Å². The largest absolute Gasteiger partial charge is 0.495 e. The maximum Gasteiger partial charge on any atom is 0.222 e. The third-order valence-corrected chi connectivity index (χ3v) is 2.43. The van der Waals surface area contributed by atoms with Gasteiger partial charge < -0.3 is 4.74 Å². The van der Waals surface area contributed by atoms with Crippen molar-refractivity contribution in [2.24, 2.45) is 0 Å². The third kappa shape index (κ3) is 2.35. The molecular weight excluding hydrogens is 238 g/mol. The molecule has 0 spiro atoms. The van der Waals surface area contributed by atoms with Crippen LogP contribution in [0.2, 0.25) is 5.28 Å². The SMILES string of the molecule is COc1cc(-c2ccnc(Cl)n2)ccc1C#N. The fraction of sp³-hybridized carbons (Fsp3) is 0.0833. The minimum Gasteiger partial charge on any atom is -0.495 e. The normalized spacial score (nSPS) is 9.71. The second-order valence-electron chi connectivity index (χ2n) is 3.24. The van der Waals surface area contributed by atoms with Gasteiger partial charge in [-0.2, -0.15) is 5.26 Å². The van der Waals surface area contributed by atoms with Crippen LogP contribution in [0.15, 0.2) is 30.5 Å². The Morgan fingerprint density at radius 1 is 1.35 bits per heavy atom. The lowest BCUT2D eigenvalue weighted by Gasteiger charge is -2.05. The molecular formula is C12H8ClN3O. The van der Waals surface area contributed by atoms with Crippen LogP contribution in [0.4, 0.5) is 0 Å². The number of halogens is 1. The number of benzene rings is 1. The van der Waals surface area contributed by atoms with E-state index in [0.29, 0.717) is 17.0 Å². The fourth-order valence-corrected chi connectivity index (χ4v) is 1.59. The van der Waals surface area contributed by atoms with Crippen molar-refractivity contribution in [2.45, 2.75) is 0 Å². The number of nitriles is 1. The molecule has 1 aromatic carbocycles. The van der Waals surface area contributed by atoms with E-state index in [-0.39, 0.29) is 5.28 Å². The Morgan fingerprint density at radius 2 is 2.18 bits per heavy atom. The second-order valence-corrected chi connectivity index (χ2v) is 3.58. The Kier molecular flexibility index (Phi) is 3.22. The van der Waals surface area contributed by atoms with Gasteiger partial charge in [-0.05, 0) is 29.8 Å². The molecule has 0 N–H and O–H groups in total. The first-order valence-corrected chi connectivity index (χ1v) is 5.19. The van der Waals surface area contributed by atoms with E-state index in [1.165, 1.54) is 7.11 Å². The van der Waals surface area contributed by atoms with Gasteiger partial charge in [0, 0.05) is 11.8 Å². The number of ether oxygens (including phenoxy) is 1. The minimum absolute atomic E-state index is 0.186. The summed E-state index contributed by atoms with van der Waals surface area (Å²) in [6.07, 6.45) is 1.58. The predicted octanol–water partition coefficient (Wildman–Crippen LogP) is 2.68. The molecule has 0 aliphatic rings. The minimum atomic E-state index is 0.186. The average molecular weight is 246 g/mol. The molecule has 0 saturated heterocycles. The maximum absolute atomic E-state index is 8.88. The first-order chi connectivity index (χ1) is 8.24. The molecule has 0 aliphatic carbocycles. The molecule has 0 amide bonds. The van der Waals surface area contributed by atoms with Crippen molar-refractivity contribution >= 4 is 11.6 Å². The highest BCUT2D eigenvalue weighted by molar-refractivity contribution is 6.28. The summed E-state index contributed by atoms with van der Waals surface area (Å²) < 4.78 is 5.13. The van der Waals surface area contributed by atoms with Crippen LogP contribution in [0.3, 0.4) is 0 Å². The lowest BCUT2D eigenvalue weighted by molar-refractivity contribution is 0.413. The van der Waals surface area contributed by atoms with Crippen LogP contribution in [0.5, 0.6) is 5.75 Å². The lowest BCUT2D eigenvalue weighted by atomic mass is 10.1. The monoisotopic (exact) mass is 245 g/mol. The van der Waals surface area contributed by atoms with Crippen LogP contribution < -0.4 is 4.74 Å². The van der Waals surface area contributed by atoms with E-state index in [9.17, 15) is 0 Å². The van der Waals surface area contributed by atoms with Gasteiger partial charge in [-0.25, -0.2) is 9.97 Å². The van der Waals surface area contributed by atoms with Gasteiger partial charge in [0.05, 0.1) is 18.4 Å². The van der Waals surface area contributed by atoms with Crippen molar-refractivity contribution in [3.8, 4) is 23.1 Å². The first-order valence-electron chi connectivity index (χ1n) is 4.81. The van der Waals surface area contributed by atoms with Gasteiger partial charge >= 0.3 is 0 Å². The quantitative estimate of drug-likeness (QED) is 0.764. The molecule has 5 heteroatoms. The molecule has 1 aromatic heterocycles. The molecule has 0 fully saturated rings. The fourth-order valence-electron chi connectivity index (χ4n) is 1.44. The van der Waals surface area contributed by atoms with Gasteiger partial charge in [0.2, 0.25) is 5.28 Å². The molecule has 0 atom stereocenters. The number of methoxy groups -OCH3 is 1. The van der Waals surface area contributed by atoms with E-state index in [1.54, 1.807) is 30.5 Å². The summed E-state index contributed by atoms with van der Waals surface area (Å²) in [6.45, 7) is 0. The first kappa shape index (κ1) is 11.4. The Morgan fingerprint density at radius 3 is 2.82 bits per heavy atom. The third-order valence-electron chi connectivity index (χ3n) is 2.24. The zero-order valence-corrected chi connectivity index (χ0v) is 9.77. The molecule has 2 aromatic rings. The van der Waals surface area contributed by atoms with Crippen molar-refractivity contribution < 1.29 is 4.74 Å². The van der Waals surface area contributed by atoms with Crippen LogP contribution in [0.1, 0.15) is 5.56 Å². The van der Waals surface area contributed by atoms with Gasteiger partial charge in [-0.3, -0.25) is 0 Å². The number of aromatic nitrogens is 2. The molecule has 1 heterocycles. The zero-order chi connectivity index (χ0) is 12.3. The Balaban J connectivity index is 2.51. The van der Waals surface area contributed by atoms with Crippen LogP contribution in [-0.2, 0) is 0 Å². The maximum atomic E-state index is 8.88. The van der Waals surface area contributed by atoms with E-state index in [0.717, 1.165) is 5.56 Å². The highest BCUT2D eigenvalue weighted by Gasteiger charge is 2.06. The van der Waals surface area contributed by atoms with Crippen LogP contribution in [0.25, 0.3) is 11.3 Å². The molecule has 2 rings (SSSR count). The molecule has 84 valence electrons. The van der Waals surface area contributed by atoms with Gasteiger partial charge in [-0.15, -0.1) is 0 Å².